The number of aromatic nitrogens is 2. The van der Waals surface area contributed by atoms with E-state index in [9.17, 15) is 4.79 Å². The van der Waals surface area contributed by atoms with Gasteiger partial charge in [0, 0.05) is 21.3 Å². The van der Waals surface area contributed by atoms with E-state index >= 15 is 0 Å². The van der Waals surface area contributed by atoms with Crippen LogP contribution >= 0.6 is 27.5 Å². The van der Waals surface area contributed by atoms with Crippen molar-refractivity contribution in [3.05, 3.63) is 69.8 Å². The normalized spacial score (nSPS) is 10.6. The summed E-state index contributed by atoms with van der Waals surface area (Å²) in [5.74, 6) is 0. The van der Waals surface area contributed by atoms with Gasteiger partial charge in [-0.15, -0.1) is 0 Å². The molecular weight excluding hydrogens is 352 g/mol. The number of carbonyl (C=O) groups is 1. The van der Waals surface area contributed by atoms with Gasteiger partial charge in [0.2, 0.25) is 0 Å². The number of nitrogens with zero attached hydrogens (tertiary/aromatic N) is 2. The Balaban J connectivity index is 2.15. The van der Waals surface area contributed by atoms with Gasteiger partial charge in [0.15, 0.2) is 6.29 Å². The minimum Gasteiger partial charge on any atom is -0.298 e. The summed E-state index contributed by atoms with van der Waals surface area (Å²) in [6.45, 7) is 0. The highest BCUT2D eigenvalue weighted by Gasteiger charge is 2.13. The van der Waals surface area contributed by atoms with E-state index in [2.05, 4.69) is 21.0 Å². The lowest BCUT2D eigenvalue weighted by atomic mass is 10.1. The van der Waals surface area contributed by atoms with E-state index < -0.39 is 0 Å². The average molecular weight is 362 g/mol. The molecule has 3 rings (SSSR count). The second-order valence-corrected chi connectivity index (χ2v) is 5.75. The molecule has 0 saturated carbocycles. The molecule has 0 radical (unpaired) electrons. The second kappa shape index (κ2) is 5.84. The van der Waals surface area contributed by atoms with Crippen molar-refractivity contribution < 1.29 is 4.79 Å². The van der Waals surface area contributed by atoms with Crippen LogP contribution in [0, 0.1) is 0 Å². The van der Waals surface area contributed by atoms with Gasteiger partial charge < -0.3 is 0 Å². The minimum atomic E-state index is 0.530. The van der Waals surface area contributed by atoms with Gasteiger partial charge in [0.05, 0.1) is 11.3 Å². The van der Waals surface area contributed by atoms with Crippen LogP contribution in [-0.4, -0.2) is 16.1 Å². The zero-order chi connectivity index (χ0) is 14.8. The van der Waals surface area contributed by atoms with Crippen molar-refractivity contribution in [3.8, 4) is 16.9 Å². The molecule has 3 aromatic rings. The van der Waals surface area contributed by atoms with Crippen molar-refractivity contribution >= 4 is 33.8 Å². The molecule has 0 unspecified atom stereocenters. The third-order valence-electron chi connectivity index (χ3n) is 3.07. The Morgan fingerprint density at radius 3 is 2.67 bits per heavy atom. The predicted molar refractivity (Wildman–Crippen MR) is 87.1 cm³/mol. The highest BCUT2D eigenvalue weighted by atomic mass is 79.9. The van der Waals surface area contributed by atoms with Crippen LogP contribution in [0.3, 0.4) is 0 Å². The summed E-state index contributed by atoms with van der Waals surface area (Å²) in [4.78, 5) is 11.3. The number of aldehydes is 1. The van der Waals surface area contributed by atoms with Crippen molar-refractivity contribution in [2.45, 2.75) is 0 Å². The van der Waals surface area contributed by atoms with E-state index in [0.717, 1.165) is 22.0 Å². The summed E-state index contributed by atoms with van der Waals surface area (Å²) in [6.07, 6.45) is 2.51. The number of rotatable bonds is 3. The first kappa shape index (κ1) is 14.0. The first-order valence-corrected chi connectivity index (χ1v) is 7.42. The van der Waals surface area contributed by atoms with Crippen molar-refractivity contribution in [3.63, 3.8) is 0 Å². The van der Waals surface area contributed by atoms with E-state index in [-0.39, 0.29) is 0 Å². The molecule has 104 valence electrons. The number of benzene rings is 2. The Bertz CT molecular complexity index is 814. The molecular formula is C16H10BrClN2O. The number of carbonyl (C=O) groups excluding carboxylic acids is 1. The molecule has 0 N–H and O–H groups in total. The first-order valence-electron chi connectivity index (χ1n) is 6.25. The van der Waals surface area contributed by atoms with Gasteiger partial charge in [-0.2, -0.15) is 5.10 Å². The molecule has 3 nitrogen and oxygen atoms in total. The maximum Gasteiger partial charge on any atom is 0.153 e. The van der Waals surface area contributed by atoms with Crippen LogP contribution in [0.1, 0.15) is 10.4 Å². The summed E-state index contributed by atoms with van der Waals surface area (Å²) >= 11 is 9.49. The molecule has 2 aromatic carbocycles. The predicted octanol–water partition coefficient (Wildman–Crippen LogP) is 4.77. The van der Waals surface area contributed by atoms with E-state index in [1.54, 1.807) is 23.0 Å². The molecule has 21 heavy (non-hydrogen) atoms. The van der Waals surface area contributed by atoms with E-state index in [0.29, 0.717) is 16.3 Å². The molecule has 1 heterocycles. The Morgan fingerprint density at radius 2 is 1.95 bits per heavy atom. The number of hydrogen-bond acceptors (Lipinski definition) is 2. The van der Waals surface area contributed by atoms with Crippen LogP contribution in [0.25, 0.3) is 16.9 Å². The SMILES string of the molecule is O=Cc1cn(-c2cccc(Cl)c2)nc1-c1ccccc1Br. The highest BCUT2D eigenvalue weighted by molar-refractivity contribution is 9.10. The standard InChI is InChI=1S/C16H10BrClN2O/c17-15-7-2-1-6-14(15)16-11(10-21)9-20(19-16)13-5-3-4-12(18)8-13/h1-10H. The lowest BCUT2D eigenvalue weighted by molar-refractivity contribution is 0.112. The van der Waals surface area contributed by atoms with E-state index in [1.165, 1.54) is 0 Å². The van der Waals surface area contributed by atoms with Gasteiger partial charge in [-0.05, 0) is 24.3 Å². The highest BCUT2D eigenvalue weighted by Crippen LogP contribution is 2.29. The Morgan fingerprint density at radius 1 is 1.14 bits per heavy atom. The smallest absolute Gasteiger partial charge is 0.153 e. The lowest BCUT2D eigenvalue weighted by Gasteiger charge is -2.02. The summed E-state index contributed by atoms with van der Waals surface area (Å²) < 4.78 is 2.55. The lowest BCUT2D eigenvalue weighted by Crippen LogP contribution is -1.94. The maximum atomic E-state index is 11.3. The van der Waals surface area contributed by atoms with Gasteiger partial charge in [-0.1, -0.05) is 51.8 Å². The van der Waals surface area contributed by atoms with Crippen LogP contribution in [0.2, 0.25) is 5.02 Å². The molecule has 0 aliphatic rings. The molecule has 0 bridgehead atoms. The van der Waals surface area contributed by atoms with Crippen LogP contribution < -0.4 is 0 Å². The van der Waals surface area contributed by atoms with Crippen molar-refractivity contribution in [2.75, 3.05) is 0 Å². The monoisotopic (exact) mass is 360 g/mol. The fraction of sp³-hybridized carbons (Fsp3) is 0. The maximum absolute atomic E-state index is 11.3. The fourth-order valence-electron chi connectivity index (χ4n) is 2.09. The fourth-order valence-corrected chi connectivity index (χ4v) is 2.74. The van der Waals surface area contributed by atoms with Crippen LogP contribution in [0.5, 0.6) is 0 Å². The van der Waals surface area contributed by atoms with Crippen molar-refractivity contribution in [2.24, 2.45) is 0 Å². The molecule has 1 aromatic heterocycles. The average Bonchev–Trinajstić information content (AvgIpc) is 2.92. The molecule has 0 aliphatic heterocycles. The summed E-state index contributed by atoms with van der Waals surface area (Å²) in [6, 6.07) is 15.0. The molecule has 5 heteroatoms. The molecule has 0 atom stereocenters. The third kappa shape index (κ3) is 2.77. The van der Waals surface area contributed by atoms with Gasteiger partial charge >= 0.3 is 0 Å². The van der Waals surface area contributed by atoms with Crippen molar-refractivity contribution in [1.29, 1.82) is 0 Å². The van der Waals surface area contributed by atoms with Gasteiger partial charge in [0.25, 0.3) is 0 Å². The van der Waals surface area contributed by atoms with E-state index in [4.69, 9.17) is 11.6 Å². The van der Waals surface area contributed by atoms with E-state index in [1.807, 2.05) is 36.4 Å². The largest absolute Gasteiger partial charge is 0.298 e. The number of hydrogen-bond donors (Lipinski definition) is 0. The van der Waals surface area contributed by atoms with Gasteiger partial charge in [0.1, 0.15) is 5.69 Å². The Labute approximate surface area is 135 Å². The van der Waals surface area contributed by atoms with Gasteiger partial charge in [-0.25, -0.2) is 4.68 Å². The zero-order valence-electron chi connectivity index (χ0n) is 10.8. The Hall–Kier alpha value is -1.91. The Kier molecular flexibility index (Phi) is 3.90. The molecule has 0 aliphatic carbocycles. The molecule has 0 amide bonds. The van der Waals surface area contributed by atoms with Crippen LogP contribution in [0.4, 0.5) is 0 Å². The third-order valence-corrected chi connectivity index (χ3v) is 4.00. The zero-order valence-corrected chi connectivity index (χ0v) is 13.2. The summed E-state index contributed by atoms with van der Waals surface area (Å²) in [7, 11) is 0. The topological polar surface area (TPSA) is 34.9 Å². The van der Waals surface area contributed by atoms with Crippen molar-refractivity contribution in [1.82, 2.24) is 9.78 Å². The van der Waals surface area contributed by atoms with Crippen LogP contribution in [-0.2, 0) is 0 Å². The first-order chi connectivity index (χ1) is 10.2. The van der Waals surface area contributed by atoms with Crippen LogP contribution in [0.15, 0.2) is 59.2 Å². The molecule has 0 saturated heterocycles. The minimum absolute atomic E-state index is 0.530. The summed E-state index contributed by atoms with van der Waals surface area (Å²) in [5.41, 5.74) is 2.85. The summed E-state index contributed by atoms with van der Waals surface area (Å²) in [5, 5.41) is 5.14. The molecule has 0 spiro atoms. The second-order valence-electron chi connectivity index (χ2n) is 4.46. The van der Waals surface area contributed by atoms with Gasteiger partial charge in [-0.3, -0.25) is 4.79 Å². The molecule has 0 fully saturated rings. The number of halogens is 2. The quantitative estimate of drug-likeness (QED) is 0.630.